The van der Waals surface area contributed by atoms with E-state index in [4.69, 9.17) is 9.47 Å². The molecule has 0 N–H and O–H groups in total. The zero-order valence-corrected chi connectivity index (χ0v) is 17.7. The first-order valence-corrected chi connectivity index (χ1v) is 12.9. The number of rotatable bonds is 4. The molecule has 1 aliphatic carbocycles. The fourth-order valence-electron chi connectivity index (χ4n) is 4.69. The Kier molecular flexibility index (Phi) is 4.98. The maximum Gasteiger partial charge on any atom is 0.248 e. The van der Waals surface area contributed by atoms with Crippen LogP contribution in [0.5, 0.6) is 11.5 Å². The molecule has 2 saturated heterocycles. The second-order valence-corrected chi connectivity index (χ2v) is 11.5. The number of sulfone groups is 1. The molecule has 1 aromatic carbocycles. The largest absolute Gasteiger partial charge is 0.454 e. The normalized spacial score (nSPS) is 29.0. The van der Waals surface area contributed by atoms with Gasteiger partial charge >= 0.3 is 0 Å². The molecule has 0 unspecified atom stereocenters. The van der Waals surface area contributed by atoms with E-state index in [0.717, 1.165) is 12.1 Å². The minimum Gasteiger partial charge on any atom is -0.454 e. The van der Waals surface area contributed by atoms with Crippen molar-refractivity contribution in [3.63, 3.8) is 0 Å². The molecule has 29 heavy (non-hydrogen) atoms. The maximum absolute atomic E-state index is 12.6. The van der Waals surface area contributed by atoms with Crippen molar-refractivity contribution in [1.29, 1.82) is 0 Å². The summed E-state index contributed by atoms with van der Waals surface area (Å²) in [6.45, 7) is 0.175. The predicted octanol–water partition coefficient (Wildman–Crippen LogP) is 2.99. The van der Waals surface area contributed by atoms with Crippen LogP contribution in [0.3, 0.4) is 0 Å². The number of carbonyl (C=O) groups is 1. The van der Waals surface area contributed by atoms with Crippen molar-refractivity contribution in [2.24, 2.45) is 10.9 Å². The number of amidine groups is 1. The van der Waals surface area contributed by atoms with E-state index >= 15 is 0 Å². The number of anilines is 1. The Morgan fingerprint density at radius 3 is 2.79 bits per heavy atom. The monoisotopic (exact) mass is 436 g/mol. The summed E-state index contributed by atoms with van der Waals surface area (Å²) in [6, 6.07) is 5.32. The SMILES string of the molecule is O=C(CCC1CCCC1)N=C1S[C@H]2CS(=O)(=O)C[C@H]2N1c1ccc2c(c1)OCO2. The minimum absolute atomic E-state index is 0.0778. The number of ether oxygens (including phenoxy) is 2. The minimum atomic E-state index is -3.09. The summed E-state index contributed by atoms with van der Waals surface area (Å²) in [5.74, 6) is 2.02. The van der Waals surface area contributed by atoms with Crippen molar-refractivity contribution < 1.29 is 22.7 Å². The van der Waals surface area contributed by atoms with Crippen LogP contribution in [0, 0.1) is 5.92 Å². The van der Waals surface area contributed by atoms with Crippen molar-refractivity contribution in [3.8, 4) is 11.5 Å². The number of carbonyl (C=O) groups excluding carboxylic acids is 1. The molecule has 2 atom stereocenters. The summed E-state index contributed by atoms with van der Waals surface area (Å²) in [4.78, 5) is 18.9. The van der Waals surface area contributed by atoms with E-state index in [1.54, 1.807) is 0 Å². The molecule has 0 aromatic heterocycles. The van der Waals surface area contributed by atoms with Gasteiger partial charge in [0.05, 0.1) is 17.5 Å². The van der Waals surface area contributed by atoms with Crippen LogP contribution in [0.15, 0.2) is 23.2 Å². The fraction of sp³-hybridized carbons (Fsp3) is 0.600. The van der Waals surface area contributed by atoms with Gasteiger partial charge in [-0.2, -0.15) is 4.99 Å². The summed E-state index contributed by atoms with van der Waals surface area (Å²) in [5, 5.41) is 0.497. The standard InChI is InChI=1S/C20H24N2O5S2/c23-19(8-5-13-3-1-2-4-13)21-20-22(15-10-29(24,25)11-18(15)28-20)14-6-7-16-17(9-14)27-12-26-16/h6-7,9,13,15,18H,1-5,8,10-12H2/t15-,18+/m1/s1. The van der Waals surface area contributed by atoms with Gasteiger partial charge in [0.2, 0.25) is 12.7 Å². The molecular weight excluding hydrogens is 412 g/mol. The van der Waals surface area contributed by atoms with Crippen molar-refractivity contribution in [2.75, 3.05) is 23.2 Å². The highest BCUT2D eigenvalue weighted by Gasteiger charge is 2.49. The van der Waals surface area contributed by atoms with Crippen LogP contribution in [-0.4, -0.2) is 49.1 Å². The molecular formula is C20H24N2O5S2. The summed E-state index contributed by atoms with van der Waals surface area (Å²) in [5.41, 5.74) is 0.786. The Morgan fingerprint density at radius 2 is 1.97 bits per heavy atom. The van der Waals surface area contributed by atoms with E-state index in [1.165, 1.54) is 37.4 Å². The molecule has 1 saturated carbocycles. The van der Waals surface area contributed by atoms with Crippen molar-refractivity contribution in [2.45, 2.75) is 49.8 Å². The second kappa shape index (κ2) is 7.50. The fourth-order valence-corrected chi connectivity index (χ4v) is 8.62. The topological polar surface area (TPSA) is 85.3 Å². The van der Waals surface area contributed by atoms with E-state index in [2.05, 4.69) is 4.99 Å². The average Bonchev–Trinajstić information content (AvgIpc) is 3.43. The van der Waals surface area contributed by atoms with Gasteiger partial charge in [0, 0.05) is 23.4 Å². The number of nitrogens with zero attached hydrogens (tertiary/aromatic N) is 2. The first-order valence-electron chi connectivity index (χ1n) is 10.2. The van der Waals surface area contributed by atoms with Gasteiger partial charge in [-0.05, 0) is 24.5 Å². The number of fused-ring (bicyclic) bond motifs is 2. The van der Waals surface area contributed by atoms with Gasteiger partial charge in [0.15, 0.2) is 26.5 Å². The molecule has 0 spiro atoms. The lowest BCUT2D eigenvalue weighted by molar-refractivity contribution is -0.118. The highest BCUT2D eigenvalue weighted by atomic mass is 32.2. The third-order valence-corrected chi connectivity index (χ3v) is 9.37. The van der Waals surface area contributed by atoms with Crippen LogP contribution < -0.4 is 14.4 Å². The summed E-state index contributed by atoms with van der Waals surface area (Å²) >= 11 is 1.41. The third kappa shape index (κ3) is 3.86. The number of thioether (sulfide) groups is 1. The lowest BCUT2D eigenvalue weighted by atomic mass is 10.0. The lowest BCUT2D eigenvalue weighted by Gasteiger charge is -2.24. The molecule has 4 aliphatic rings. The molecule has 0 radical (unpaired) electrons. The zero-order valence-electron chi connectivity index (χ0n) is 16.1. The molecule has 1 aromatic rings. The number of hydrogen-bond acceptors (Lipinski definition) is 6. The summed E-state index contributed by atoms with van der Waals surface area (Å²) < 4.78 is 35.3. The van der Waals surface area contributed by atoms with Gasteiger partial charge in [-0.25, -0.2) is 8.42 Å². The molecule has 3 heterocycles. The third-order valence-electron chi connectivity index (χ3n) is 6.16. The van der Waals surface area contributed by atoms with Gasteiger partial charge in [-0.3, -0.25) is 4.79 Å². The smallest absolute Gasteiger partial charge is 0.248 e. The Balaban J connectivity index is 1.40. The van der Waals surface area contributed by atoms with E-state index in [1.807, 2.05) is 23.1 Å². The summed E-state index contributed by atoms with van der Waals surface area (Å²) in [7, 11) is -3.09. The highest BCUT2D eigenvalue weighted by Crippen LogP contribution is 2.44. The molecule has 3 fully saturated rings. The average molecular weight is 437 g/mol. The van der Waals surface area contributed by atoms with Gasteiger partial charge in [0.1, 0.15) is 0 Å². The molecule has 9 heteroatoms. The number of aliphatic imine (C=N–C) groups is 1. The Hall–Kier alpha value is -1.74. The first-order chi connectivity index (χ1) is 14.0. The van der Waals surface area contributed by atoms with Gasteiger partial charge in [0.25, 0.3) is 0 Å². The van der Waals surface area contributed by atoms with Crippen LogP contribution in [0.1, 0.15) is 38.5 Å². The highest BCUT2D eigenvalue weighted by molar-refractivity contribution is 8.16. The lowest BCUT2D eigenvalue weighted by Crippen LogP contribution is -2.37. The maximum atomic E-state index is 12.6. The van der Waals surface area contributed by atoms with Crippen molar-refractivity contribution >= 4 is 38.4 Å². The van der Waals surface area contributed by atoms with Gasteiger partial charge < -0.3 is 14.4 Å². The molecule has 0 bridgehead atoms. The van der Waals surface area contributed by atoms with Crippen LogP contribution in [0.2, 0.25) is 0 Å². The van der Waals surface area contributed by atoms with E-state index < -0.39 is 9.84 Å². The summed E-state index contributed by atoms with van der Waals surface area (Å²) in [6.07, 6.45) is 6.30. The van der Waals surface area contributed by atoms with Crippen molar-refractivity contribution in [3.05, 3.63) is 18.2 Å². The second-order valence-electron chi connectivity index (χ2n) is 8.19. The number of benzene rings is 1. The van der Waals surface area contributed by atoms with E-state index in [0.29, 0.717) is 29.0 Å². The van der Waals surface area contributed by atoms with Crippen LogP contribution in [0.4, 0.5) is 5.69 Å². The number of amides is 1. The van der Waals surface area contributed by atoms with Gasteiger partial charge in [-0.15, -0.1) is 0 Å². The Morgan fingerprint density at radius 1 is 1.17 bits per heavy atom. The number of hydrogen-bond donors (Lipinski definition) is 0. The molecule has 7 nitrogen and oxygen atoms in total. The molecule has 5 rings (SSSR count). The van der Waals surface area contributed by atoms with Gasteiger partial charge in [-0.1, -0.05) is 37.4 Å². The molecule has 1 amide bonds. The Bertz CT molecular complexity index is 956. The predicted molar refractivity (Wildman–Crippen MR) is 112 cm³/mol. The molecule has 156 valence electrons. The Labute approximate surface area is 174 Å². The van der Waals surface area contributed by atoms with Crippen LogP contribution >= 0.6 is 11.8 Å². The van der Waals surface area contributed by atoms with E-state index in [-0.39, 0.29) is 35.5 Å². The van der Waals surface area contributed by atoms with Crippen LogP contribution in [-0.2, 0) is 14.6 Å². The quantitative estimate of drug-likeness (QED) is 0.717. The van der Waals surface area contributed by atoms with Crippen molar-refractivity contribution in [1.82, 2.24) is 0 Å². The van der Waals surface area contributed by atoms with E-state index in [9.17, 15) is 13.2 Å². The zero-order chi connectivity index (χ0) is 20.0. The first kappa shape index (κ1) is 19.2. The van der Waals surface area contributed by atoms with Crippen LogP contribution in [0.25, 0.3) is 0 Å². The molecule has 3 aliphatic heterocycles.